The summed E-state index contributed by atoms with van der Waals surface area (Å²) in [6.07, 6.45) is 0.719. The third-order valence-electron chi connectivity index (χ3n) is 4.81. The molecule has 0 aliphatic heterocycles. The van der Waals surface area contributed by atoms with Gasteiger partial charge in [-0.25, -0.2) is 4.98 Å². The molecule has 4 nitrogen and oxygen atoms in total. The van der Waals surface area contributed by atoms with Crippen molar-refractivity contribution in [3.8, 4) is 0 Å². The van der Waals surface area contributed by atoms with E-state index in [1.165, 1.54) is 12.1 Å². The first kappa shape index (κ1) is 15.5. The fourth-order valence-electron chi connectivity index (χ4n) is 3.55. The van der Waals surface area contributed by atoms with E-state index in [1.54, 1.807) is 6.92 Å². The molecule has 6 heteroatoms. The standard InChI is InChI=1S/C16H16Cl2N2O2/c1-7(21)12-10(6-9-13(12)16(9,2)3)19-15(22)8-4-5-11(17)20-14(8)18/h4-5,9,13H,6H2,1-3H3,(H,19,22). The van der Waals surface area contributed by atoms with Crippen LogP contribution in [0, 0.1) is 17.3 Å². The Bertz CT molecular complexity index is 725. The number of aromatic nitrogens is 1. The third kappa shape index (κ3) is 2.34. The molecule has 116 valence electrons. The Kier molecular flexibility index (Phi) is 3.57. The van der Waals surface area contributed by atoms with Crippen molar-refractivity contribution in [3.05, 3.63) is 39.3 Å². The van der Waals surface area contributed by atoms with Crippen molar-refractivity contribution in [2.75, 3.05) is 0 Å². The van der Waals surface area contributed by atoms with Crippen LogP contribution in [0.4, 0.5) is 0 Å². The molecule has 1 N–H and O–H groups in total. The molecule has 22 heavy (non-hydrogen) atoms. The quantitative estimate of drug-likeness (QED) is 0.856. The monoisotopic (exact) mass is 338 g/mol. The highest BCUT2D eigenvalue weighted by atomic mass is 35.5. The lowest BCUT2D eigenvalue weighted by Crippen LogP contribution is -2.26. The zero-order chi connectivity index (χ0) is 16.2. The number of pyridine rings is 1. The number of nitrogens with one attached hydrogen (secondary N) is 1. The van der Waals surface area contributed by atoms with Crippen LogP contribution in [-0.2, 0) is 4.79 Å². The van der Waals surface area contributed by atoms with Crippen molar-refractivity contribution < 1.29 is 9.59 Å². The number of hydrogen-bond donors (Lipinski definition) is 1. The minimum atomic E-state index is -0.359. The van der Waals surface area contributed by atoms with Gasteiger partial charge in [-0.3, -0.25) is 9.59 Å². The van der Waals surface area contributed by atoms with Gasteiger partial charge in [0, 0.05) is 11.3 Å². The number of fused-ring (bicyclic) bond motifs is 1. The van der Waals surface area contributed by atoms with Crippen molar-refractivity contribution in [2.24, 2.45) is 17.3 Å². The van der Waals surface area contributed by atoms with Gasteiger partial charge in [-0.05, 0) is 42.7 Å². The number of hydrogen-bond acceptors (Lipinski definition) is 3. The highest BCUT2D eigenvalue weighted by molar-refractivity contribution is 6.34. The maximum absolute atomic E-state index is 12.4. The van der Waals surface area contributed by atoms with Crippen LogP contribution in [0.3, 0.4) is 0 Å². The van der Waals surface area contributed by atoms with Crippen LogP contribution in [0.1, 0.15) is 37.6 Å². The number of amides is 1. The van der Waals surface area contributed by atoms with E-state index in [9.17, 15) is 9.59 Å². The Morgan fingerprint density at radius 3 is 2.59 bits per heavy atom. The summed E-state index contributed by atoms with van der Waals surface area (Å²) >= 11 is 11.7. The molecule has 0 radical (unpaired) electrons. The summed E-state index contributed by atoms with van der Waals surface area (Å²) in [5.74, 6) is 0.343. The van der Waals surface area contributed by atoms with Gasteiger partial charge in [0.2, 0.25) is 0 Å². The zero-order valence-corrected chi connectivity index (χ0v) is 14.0. The fourth-order valence-corrected chi connectivity index (χ4v) is 3.98. The first-order valence-corrected chi connectivity index (χ1v) is 7.86. The van der Waals surface area contributed by atoms with Crippen LogP contribution in [0.2, 0.25) is 10.3 Å². The minimum Gasteiger partial charge on any atom is -0.325 e. The molecule has 1 amide bonds. The lowest BCUT2D eigenvalue weighted by atomic mass is 9.96. The predicted molar refractivity (Wildman–Crippen MR) is 84.8 cm³/mol. The molecule has 1 fully saturated rings. The van der Waals surface area contributed by atoms with Crippen LogP contribution < -0.4 is 5.32 Å². The molecular formula is C16H16Cl2N2O2. The van der Waals surface area contributed by atoms with Gasteiger partial charge in [-0.1, -0.05) is 37.0 Å². The summed E-state index contributed by atoms with van der Waals surface area (Å²) in [6, 6.07) is 3.04. The summed E-state index contributed by atoms with van der Waals surface area (Å²) in [4.78, 5) is 28.2. The Hall–Kier alpha value is -1.39. The van der Waals surface area contributed by atoms with Crippen LogP contribution in [0.25, 0.3) is 0 Å². The first-order valence-electron chi connectivity index (χ1n) is 7.11. The van der Waals surface area contributed by atoms with Crippen molar-refractivity contribution >= 4 is 34.9 Å². The van der Waals surface area contributed by atoms with Gasteiger partial charge in [0.15, 0.2) is 5.78 Å². The highest BCUT2D eigenvalue weighted by Gasteiger charge is 2.64. The lowest BCUT2D eigenvalue weighted by Gasteiger charge is -2.15. The van der Waals surface area contributed by atoms with Gasteiger partial charge in [-0.15, -0.1) is 0 Å². The Morgan fingerprint density at radius 2 is 2.00 bits per heavy atom. The fraction of sp³-hybridized carbons (Fsp3) is 0.438. The van der Waals surface area contributed by atoms with E-state index in [0.717, 1.165) is 17.7 Å². The second-order valence-corrected chi connectivity index (χ2v) is 7.23. The molecule has 2 atom stereocenters. The normalized spacial score (nSPS) is 25.0. The molecule has 2 aliphatic rings. The topological polar surface area (TPSA) is 59.1 Å². The van der Waals surface area contributed by atoms with E-state index in [1.807, 2.05) is 0 Å². The third-order valence-corrected chi connectivity index (χ3v) is 5.31. The van der Waals surface area contributed by atoms with Crippen LogP contribution in [-0.4, -0.2) is 16.7 Å². The number of carbonyl (C=O) groups is 2. The molecule has 1 saturated carbocycles. The van der Waals surface area contributed by atoms with E-state index in [4.69, 9.17) is 23.2 Å². The second kappa shape index (κ2) is 5.07. The van der Waals surface area contributed by atoms with Crippen LogP contribution in [0.5, 0.6) is 0 Å². The van der Waals surface area contributed by atoms with E-state index in [2.05, 4.69) is 24.1 Å². The van der Waals surface area contributed by atoms with Gasteiger partial charge in [0.05, 0.1) is 5.56 Å². The van der Waals surface area contributed by atoms with E-state index >= 15 is 0 Å². The number of nitrogens with zero attached hydrogens (tertiary/aromatic N) is 1. The molecule has 1 aromatic heterocycles. The molecule has 0 spiro atoms. The number of Topliss-reactive ketones (excluding diaryl/α,β-unsaturated/α-hetero) is 1. The van der Waals surface area contributed by atoms with Gasteiger partial charge >= 0.3 is 0 Å². The van der Waals surface area contributed by atoms with Gasteiger partial charge in [-0.2, -0.15) is 0 Å². The van der Waals surface area contributed by atoms with Gasteiger partial charge < -0.3 is 5.32 Å². The molecule has 1 heterocycles. The first-order chi connectivity index (χ1) is 10.2. The number of allylic oxidation sites excluding steroid dienone is 2. The van der Waals surface area contributed by atoms with Crippen molar-refractivity contribution in [1.82, 2.24) is 10.3 Å². The van der Waals surface area contributed by atoms with Gasteiger partial charge in [0.25, 0.3) is 5.91 Å². The second-order valence-electron chi connectivity index (χ2n) is 6.48. The number of halogens is 2. The molecular weight excluding hydrogens is 323 g/mol. The summed E-state index contributed by atoms with van der Waals surface area (Å²) in [5, 5.41) is 3.12. The maximum atomic E-state index is 12.4. The summed E-state index contributed by atoms with van der Waals surface area (Å²) < 4.78 is 0. The molecule has 1 aromatic rings. The molecule has 0 bridgehead atoms. The Labute approximate surface area is 138 Å². The lowest BCUT2D eigenvalue weighted by molar-refractivity contribution is -0.114. The van der Waals surface area contributed by atoms with Crippen LogP contribution in [0.15, 0.2) is 23.4 Å². The summed E-state index contributed by atoms with van der Waals surface area (Å²) in [6.45, 7) is 5.86. The summed E-state index contributed by atoms with van der Waals surface area (Å²) in [7, 11) is 0. The molecule has 0 aromatic carbocycles. The molecule has 2 unspecified atom stereocenters. The Balaban J connectivity index is 1.86. The average Bonchev–Trinajstić information content (AvgIpc) is 2.79. The minimum absolute atomic E-state index is 0.0219. The highest BCUT2D eigenvalue weighted by Crippen LogP contribution is 2.68. The average molecular weight is 339 g/mol. The summed E-state index contributed by atoms with van der Waals surface area (Å²) in [5.41, 5.74) is 1.87. The van der Waals surface area contributed by atoms with Crippen molar-refractivity contribution in [1.29, 1.82) is 0 Å². The van der Waals surface area contributed by atoms with Gasteiger partial charge in [0.1, 0.15) is 10.3 Å². The SMILES string of the molecule is CC(=O)C1=C(NC(=O)c2ccc(Cl)nc2Cl)CC2C1C2(C)C. The Morgan fingerprint density at radius 1 is 1.32 bits per heavy atom. The smallest absolute Gasteiger partial charge is 0.258 e. The molecule has 0 saturated heterocycles. The number of carbonyl (C=O) groups excluding carboxylic acids is 2. The predicted octanol–water partition coefficient (Wildman–Crippen LogP) is 3.64. The van der Waals surface area contributed by atoms with Crippen molar-refractivity contribution in [2.45, 2.75) is 27.2 Å². The van der Waals surface area contributed by atoms with Crippen molar-refractivity contribution in [3.63, 3.8) is 0 Å². The maximum Gasteiger partial charge on any atom is 0.258 e. The molecule has 2 aliphatic carbocycles. The molecule has 3 rings (SSSR count). The number of ketones is 1. The zero-order valence-electron chi connectivity index (χ0n) is 12.5. The van der Waals surface area contributed by atoms with Crippen LogP contribution >= 0.6 is 23.2 Å². The largest absolute Gasteiger partial charge is 0.325 e. The van der Waals surface area contributed by atoms with E-state index < -0.39 is 0 Å². The van der Waals surface area contributed by atoms with E-state index in [-0.39, 0.29) is 38.9 Å². The van der Waals surface area contributed by atoms with E-state index in [0.29, 0.717) is 5.92 Å². The number of rotatable bonds is 3.